The normalized spacial score (nSPS) is 12.5. The number of rotatable bonds is 6. The fourth-order valence-electron chi connectivity index (χ4n) is 1.23. The maximum Gasteiger partial charge on any atom is 0.118 e. The van der Waals surface area contributed by atoms with Crippen LogP contribution in [0.5, 0.6) is 5.75 Å². The van der Waals surface area contributed by atoms with Gasteiger partial charge in [-0.15, -0.1) is 0 Å². The molecule has 1 atom stereocenters. The van der Waals surface area contributed by atoms with Crippen LogP contribution in [0.3, 0.4) is 0 Å². The molecular formula is C11H19N3O. The molecule has 5 N–H and O–H groups in total. The van der Waals surface area contributed by atoms with Crippen molar-refractivity contribution in [2.75, 3.05) is 20.2 Å². The van der Waals surface area contributed by atoms with E-state index in [-0.39, 0.29) is 6.04 Å². The summed E-state index contributed by atoms with van der Waals surface area (Å²) in [5.74, 6) is 0.873. The Morgan fingerprint density at radius 2 is 2.00 bits per heavy atom. The van der Waals surface area contributed by atoms with Crippen LogP contribution in [0.15, 0.2) is 24.3 Å². The highest BCUT2D eigenvalue weighted by Crippen LogP contribution is 2.10. The minimum Gasteiger partial charge on any atom is -0.497 e. The predicted octanol–water partition coefficient (Wildman–Crippen LogP) is 0.0708. The Hall–Kier alpha value is -1.10. The van der Waals surface area contributed by atoms with Crippen LogP contribution in [-0.2, 0) is 6.54 Å². The van der Waals surface area contributed by atoms with Crippen molar-refractivity contribution in [3.8, 4) is 5.75 Å². The van der Waals surface area contributed by atoms with Gasteiger partial charge in [-0.2, -0.15) is 0 Å². The molecule has 0 amide bonds. The quantitative estimate of drug-likeness (QED) is 0.620. The number of hydrogen-bond acceptors (Lipinski definition) is 4. The molecule has 0 aliphatic heterocycles. The summed E-state index contributed by atoms with van der Waals surface area (Å²) in [6.07, 6.45) is 0. The summed E-state index contributed by atoms with van der Waals surface area (Å²) in [5.41, 5.74) is 12.3. The van der Waals surface area contributed by atoms with E-state index in [1.807, 2.05) is 24.3 Å². The summed E-state index contributed by atoms with van der Waals surface area (Å²) in [4.78, 5) is 0. The van der Waals surface area contributed by atoms with E-state index in [0.29, 0.717) is 6.54 Å². The maximum atomic E-state index is 5.68. The lowest BCUT2D eigenvalue weighted by Crippen LogP contribution is -2.39. The van der Waals surface area contributed by atoms with Gasteiger partial charge in [0.25, 0.3) is 0 Å². The van der Waals surface area contributed by atoms with Gasteiger partial charge in [-0.3, -0.25) is 0 Å². The zero-order valence-corrected chi connectivity index (χ0v) is 9.07. The van der Waals surface area contributed by atoms with Crippen LogP contribution >= 0.6 is 0 Å². The number of nitrogens with two attached hydrogens (primary N) is 2. The minimum atomic E-state index is 0.0308. The Morgan fingerprint density at radius 1 is 1.33 bits per heavy atom. The summed E-state index contributed by atoms with van der Waals surface area (Å²) in [5, 5.41) is 3.24. The van der Waals surface area contributed by atoms with E-state index in [4.69, 9.17) is 16.2 Å². The molecule has 0 aliphatic carbocycles. The molecule has 4 nitrogen and oxygen atoms in total. The Labute approximate surface area is 90.6 Å². The molecule has 0 fully saturated rings. The highest BCUT2D eigenvalue weighted by Gasteiger charge is 1.98. The Bertz CT molecular complexity index is 274. The Balaban J connectivity index is 2.31. The SMILES string of the molecule is COc1ccc(CNCC(N)CN)cc1. The van der Waals surface area contributed by atoms with E-state index < -0.39 is 0 Å². The molecule has 1 aromatic rings. The van der Waals surface area contributed by atoms with Crippen LogP contribution in [0.2, 0.25) is 0 Å². The summed E-state index contributed by atoms with van der Waals surface area (Å²) in [7, 11) is 1.66. The second-order valence-corrected chi connectivity index (χ2v) is 3.47. The van der Waals surface area contributed by atoms with E-state index in [1.165, 1.54) is 5.56 Å². The number of methoxy groups -OCH3 is 1. The van der Waals surface area contributed by atoms with E-state index in [0.717, 1.165) is 18.8 Å². The predicted molar refractivity (Wildman–Crippen MR) is 61.7 cm³/mol. The van der Waals surface area contributed by atoms with Gasteiger partial charge < -0.3 is 21.5 Å². The lowest BCUT2D eigenvalue weighted by atomic mass is 10.2. The van der Waals surface area contributed by atoms with Crippen molar-refractivity contribution in [1.29, 1.82) is 0 Å². The van der Waals surface area contributed by atoms with Crippen LogP contribution in [0.25, 0.3) is 0 Å². The van der Waals surface area contributed by atoms with Crippen molar-refractivity contribution in [3.63, 3.8) is 0 Å². The van der Waals surface area contributed by atoms with Gasteiger partial charge in [0.1, 0.15) is 5.75 Å². The van der Waals surface area contributed by atoms with Gasteiger partial charge in [0, 0.05) is 25.7 Å². The molecule has 0 radical (unpaired) electrons. The fourth-order valence-corrected chi connectivity index (χ4v) is 1.23. The van der Waals surface area contributed by atoms with E-state index >= 15 is 0 Å². The van der Waals surface area contributed by atoms with Crippen LogP contribution in [0.1, 0.15) is 5.56 Å². The molecule has 1 unspecified atom stereocenters. The number of benzene rings is 1. The molecule has 0 saturated heterocycles. The van der Waals surface area contributed by atoms with E-state index in [1.54, 1.807) is 7.11 Å². The van der Waals surface area contributed by atoms with Crippen LogP contribution in [0.4, 0.5) is 0 Å². The monoisotopic (exact) mass is 209 g/mol. The summed E-state index contributed by atoms with van der Waals surface area (Å²) < 4.78 is 5.07. The fraction of sp³-hybridized carbons (Fsp3) is 0.455. The zero-order valence-electron chi connectivity index (χ0n) is 9.07. The summed E-state index contributed by atoms with van der Waals surface area (Å²) in [6, 6.07) is 7.97. The first-order chi connectivity index (χ1) is 7.26. The van der Waals surface area contributed by atoms with Gasteiger partial charge in [-0.25, -0.2) is 0 Å². The topological polar surface area (TPSA) is 73.3 Å². The second-order valence-electron chi connectivity index (χ2n) is 3.47. The third-order valence-electron chi connectivity index (χ3n) is 2.20. The van der Waals surface area contributed by atoms with Gasteiger partial charge in [0.05, 0.1) is 7.11 Å². The molecule has 1 aromatic carbocycles. The Morgan fingerprint density at radius 3 is 2.53 bits per heavy atom. The first kappa shape index (κ1) is 12.0. The molecule has 84 valence electrons. The van der Waals surface area contributed by atoms with Crippen molar-refractivity contribution in [2.45, 2.75) is 12.6 Å². The van der Waals surface area contributed by atoms with Crippen molar-refractivity contribution in [3.05, 3.63) is 29.8 Å². The molecule has 4 heteroatoms. The van der Waals surface area contributed by atoms with Crippen LogP contribution in [0, 0.1) is 0 Å². The molecule has 0 aromatic heterocycles. The highest BCUT2D eigenvalue weighted by molar-refractivity contribution is 5.26. The van der Waals surface area contributed by atoms with Crippen molar-refractivity contribution in [1.82, 2.24) is 5.32 Å². The maximum absolute atomic E-state index is 5.68. The number of nitrogens with one attached hydrogen (secondary N) is 1. The minimum absolute atomic E-state index is 0.0308. The van der Waals surface area contributed by atoms with Gasteiger partial charge in [-0.1, -0.05) is 12.1 Å². The lowest BCUT2D eigenvalue weighted by molar-refractivity contribution is 0.414. The molecule has 0 spiro atoms. The van der Waals surface area contributed by atoms with Gasteiger partial charge in [0.2, 0.25) is 0 Å². The molecule has 0 bridgehead atoms. The van der Waals surface area contributed by atoms with Crippen molar-refractivity contribution >= 4 is 0 Å². The van der Waals surface area contributed by atoms with Crippen LogP contribution < -0.4 is 21.5 Å². The molecule has 0 heterocycles. The van der Waals surface area contributed by atoms with E-state index in [9.17, 15) is 0 Å². The van der Waals surface area contributed by atoms with Crippen molar-refractivity contribution < 1.29 is 4.74 Å². The second kappa shape index (κ2) is 6.40. The van der Waals surface area contributed by atoms with Gasteiger partial charge in [0.15, 0.2) is 0 Å². The van der Waals surface area contributed by atoms with Gasteiger partial charge >= 0.3 is 0 Å². The summed E-state index contributed by atoms with van der Waals surface area (Å²) in [6.45, 7) is 2.05. The lowest BCUT2D eigenvalue weighted by Gasteiger charge is -2.10. The number of hydrogen-bond donors (Lipinski definition) is 3. The first-order valence-electron chi connectivity index (χ1n) is 5.05. The largest absolute Gasteiger partial charge is 0.497 e. The molecule has 1 rings (SSSR count). The smallest absolute Gasteiger partial charge is 0.118 e. The molecule has 0 saturated carbocycles. The van der Waals surface area contributed by atoms with E-state index in [2.05, 4.69) is 5.32 Å². The first-order valence-corrected chi connectivity index (χ1v) is 5.05. The standard InChI is InChI=1S/C11H19N3O/c1-15-11-4-2-9(3-5-11)7-14-8-10(13)6-12/h2-5,10,14H,6-8,12-13H2,1H3. The average molecular weight is 209 g/mol. The number of ether oxygens (including phenoxy) is 1. The molecular weight excluding hydrogens is 190 g/mol. The Kier molecular flexibility index (Phi) is 5.10. The average Bonchev–Trinajstić information content (AvgIpc) is 2.29. The summed E-state index contributed by atoms with van der Waals surface area (Å²) >= 11 is 0. The van der Waals surface area contributed by atoms with Crippen molar-refractivity contribution in [2.24, 2.45) is 11.5 Å². The molecule has 0 aliphatic rings. The zero-order chi connectivity index (χ0) is 11.1. The third kappa shape index (κ3) is 4.29. The van der Waals surface area contributed by atoms with Crippen LogP contribution in [-0.4, -0.2) is 26.2 Å². The third-order valence-corrected chi connectivity index (χ3v) is 2.20. The molecule has 15 heavy (non-hydrogen) atoms. The highest BCUT2D eigenvalue weighted by atomic mass is 16.5. The van der Waals surface area contributed by atoms with Gasteiger partial charge in [-0.05, 0) is 17.7 Å².